The van der Waals surface area contributed by atoms with Crippen LogP contribution in [0.25, 0.3) is 5.57 Å². The Bertz CT molecular complexity index is 536. The van der Waals surface area contributed by atoms with Crippen molar-refractivity contribution in [3.8, 4) is 0 Å². The van der Waals surface area contributed by atoms with E-state index >= 15 is 0 Å². The molecule has 0 spiro atoms. The molecule has 0 aliphatic carbocycles. The third-order valence-corrected chi connectivity index (χ3v) is 3.91. The van der Waals surface area contributed by atoms with Crippen LogP contribution in [0.15, 0.2) is 30.2 Å². The fourth-order valence-corrected chi connectivity index (χ4v) is 2.95. The Morgan fingerprint density at radius 2 is 2.22 bits per heavy atom. The minimum atomic E-state index is 0.0291. The molecular weight excluding hydrogens is 226 g/mol. The van der Waals surface area contributed by atoms with Gasteiger partial charge in [-0.3, -0.25) is 5.41 Å². The number of nitrogens with one attached hydrogen (secondary N) is 1. The van der Waals surface area contributed by atoms with Gasteiger partial charge in [0.05, 0.1) is 6.04 Å². The lowest BCUT2D eigenvalue weighted by Gasteiger charge is -2.31. The molecule has 0 aromatic carbocycles. The predicted molar refractivity (Wildman–Crippen MR) is 69.2 cm³/mol. The van der Waals surface area contributed by atoms with Gasteiger partial charge in [0.1, 0.15) is 24.2 Å². The van der Waals surface area contributed by atoms with Crippen molar-refractivity contribution in [2.24, 2.45) is 7.05 Å². The minimum absolute atomic E-state index is 0.0291. The summed E-state index contributed by atoms with van der Waals surface area (Å²) in [5.74, 6) is 0.848. The SMILES string of the molecule is C[n+]1ccccc1C1=C(O)C2CCCCN2C1=N. The molecule has 2 N–H and O–H groups in total. The molecule has 1 atom stereocenters. The van der Waals surface area contributed by atoms with Crippen molar-refractivity contribution in [2.45, 2.75) is 25.3 Å². The Hall–Kier alpha value is -1.84. The average molecular weight is 244 g/mol. The summed E-state index contributed by atoms with van der Waals surface area (Å²) >= 11 is 0. The second-order valence-corrected chi connectivity index (χ2v) is 5.01. The lowest BCUT2D eigenvalue weighted by Crippen LogP contribution is -2.40. The van der Waals surface area contributed by atoms with Gasteiger partial charge in [0.25, 0.3) is 0 Å². The van der Waals surface area contributed by atoms with Crippen LogP contribution in [0.1, 0.15) is 25.0 Å². The highest BCUT2D eigenvalue weighted by atomic mass is 16.3. The second kappa shape index (κ2) is 4.12. The Balaban J connectivity index is 2.08. The highest BCUT2D eigenvalue weighted by molar-refractivity contribution is 6.23. The Labute approximate surface area is 107 Å². The molecule has 94 valence electrons. The summed E-state index contributed by atoms with van der Waals surface area (Å²) in [6, 6.07) is 5.88. The number of nitrogens with zero attached hydrogens (tertiary/aromatic N) is 2. The molecule has 0 amide bonds. The quantitative estimate of drug-likeness (QED) is 0.738. The smallest absolute Gasteiger partial charge is 0.219 e. The molecule has 1 unspecified atom stereocenters. The maximum atomic E-state index is 10.4. The van der Waals surface area contributed by atoms with Crippen LogP contribution in [-0.2, 0) is 7.05 Å². The van der Waals surface area contributed by atoms with E-state index in [9.17, 15) is 5.11 Å². The molecule has 0 saturated carbocycles. The average Bonchev–Trinajstić information content (AvgIpc) is 2.64. The van der Waals surface area contributed by atoms with E-state index in [0.717, 1.165) is 31.5 Å². The van der Waals surface area contributed by atoms with Gasteiger partial charge >= 0.3 is 0 Å². The van der Waals surface area contributed by atoms with Gasteiger partial charge in [0.2, 0.25) is 5.69 Å². The van der Waals surface area contributed by atoms with E-state index < -0.39 is 0 Å². The first-order valence-electron chi connectivity index (χ1n) is 6.44. The summed E-state index contributed by atoms with van der Waals surface area (Å²) in [7, 11) is 1.94. The second-order valence-electron chi connectivity index (χ2n) is 5.01. The summed E-state index contributed by atoms with van der Waals surface area (Å²) in [5, 5.41) is 18.7. The van der Waals surface area contributed by atoms with Crippen LogP contribution in [-0.4, -0.2) is 28.4 Å². The predicted octanol–water partition coefficient (Wildman–Crippen LogP) is 1.63. The Morgan fingerprint density at radius 3 is 2.94 bits per heavy atom. The number of aliphatic hydroxyl groups is 1. The number of amidine groups is 1. The van der Waals surface area contributed by atoms with Crippen LogP contribution in [0, 0.1) is 5.41 Å². The molecule has 4 nitrogen and oxygen atoms in total. The van der Waals surface area contributed by atoms with Crippen molar-refractivity contribution >= 4 is 11.4 Å². The summed E-state index contributed by atoms with van der Waals surface area (Å²) < 4.78 is 1.96. The van der Waals surface area contributed by atoms with Gasteiger partial charge in [0, 0.05) is 18.7 Å². The van der Waals surface area contributed by atoms with E-state index in [2.05, 4.69) is 0 Å². The molecule has 18 heavy (non-hydrogen) atoms. The summed E-state index contributed by atoms with van der Waals surface area (Å²) in [5.41, 5.74) is 1.61. The molecule has 1 fully saturated rings. The number of rotatable bonds is 1. The van der Waals surface area contributed by atoms with Gasteiger partial charge in [0.15, 0.2) is 6.20 Å². The van der Waals surface area contributed by atoms with E-state index in [0.29, 0.717) is 17.2 Å². The van der Waals surface area contributed by atoms with E-state index in [1.807, 2.05) is 40.9 Å². The molecule has 4 heteroatoms. The zero-order valence-corrected chi connectivity index (χ0v) is 10.6. The highest BCUT2D eigenvalue weighted by Gasteiger charge is 2.41. The Morgan fingerprint density at radius 1 is 1.39 bits per heavy atom. The maximum absolute atomic E-state index is 10.4. The number of aromatic nitrogens is 1. The van der Waals surface area contributed by atoms with Crippen LogP contribution >= 0.6 is 0 Å². The van der Waals surface area contributed by atoms with Gasteiger partial charge in [-0.15, -0.1) is 0 Å². The highest BCUT2D eigenvalue weighted by Crippen LogP contribution is 2.35. The molecule has 3 rings (SSSR count). The van der Waals surface area contributed by atoms with Gasteiger partial charge in [-0.1, -0.05) is 0 Å². The monoisotopic (exact) mass is 244 g/mol. The standard InChI is InChI=1S/C14H17N3O/c1-16-8-4-2-6-10(16)12-13(18)11-7-3-5-9-17(11)14(12)15/h2,4,6,8,11,15H,3,5,7,9H2,1H3/p+1. The number of fused-ring (bicyclic) bond motifs is 1. The fraction of sp³-hybridized carbons (Fsp3) is 0.429. The van der Waals surface area contributed by atoms with Crippen molar-refractivity contribution in [3.63, 3.8) is 0 Å². The third-order valence-electron chi connectivity index (χ3n) is 3.91. The maximum Gasteiger partial charge on any atom is 0.219 e. The van der Waals surface area contributed by atoms with Crippen LogP contribution in [0.5, 0.6) is 0 Å². The molecule has 3 heterocycles. The molecule has 1 aromatic rings. The van der Waals surface area contributed by atoms with Crippen molar-refractivity contribution in [2.75, 3.05) is 6.54 Å². The van der Waals surface area contributed by atoms with Crippen LogP contribution in [0.3, 0.4) is 0 Å². The van der Waals surface area contributed by atoms with Crippen LogP contribution in [0.2, 0.25) is 0 Å². The topological polar surface area (TPSA) is 51.2 Å². The zero-order valence-electron chi connectivity index (χ0n) is 10.6. The number of hydrogen-bond donors (Lipinski definition) is 2. The Kier molecular flexibility index (Phi) is 2.58. The number of aliphatic hydroxyl groups excluding tert-OH is 1. The van der Waals surface area contributed by atoms with Gasteiger partial charge < -0.3 is 10.0 Å². The first-order valence-corrected chi connectivity index (χ1v) is 6.44. The number of piperidine rings is 1. The molecular formula is C14H18N3O+. The normalized spacial score (nSPS) is 23.5. The summed E-state index contributed by atoms with van der Waals surface area (Å²) in [4.78, 5) is 2.03. The first-order chi connectivity index (χ1) is 8.70. The van der Waals surface area contributed by atoms with Gasteiger partial charge in [-0.25, -0.2) is 4.57 Å². The minimum Gasteiger partial charge on any atom is -0.509 e. The number of aryl methyl sites for hydroxylation is 1. The van der Waals surface area contributed by atoms with Crippen molar-refractivity contribution in [1.82, 2.24) is 4.90 Å². The van der Waals surface area contributed by atoms with E-state index in [1.54, 1.807) is 0 Å². The molecule has 1 saturated heterocycles. The third kappa shape index (κ3) is 1.52. The van der Waals surface area contributed by atoms with E-state index in [1.165, 1.54) is 0 Å². The van der Waals surface area contributed by atoms with Crippen LogP contribution < -0.4 is 4.57 Å². The van der Waals surface area contributed by atoms with E-state index in [4.69, 9.17) is 5.41 Å². The van der Waals surface area contributed by atoms with Crippen molar-refractivity contribution in [1.29, 1.82) is 5.41 Å². The lowest BCUT2D eigenvalue weighted by atomic mass is 10.0. The number of pyridine rings is 1. The largest absolute Gasteiger partial charge is 0.509 e. The lowest BCUT2D eigenvalue weighted by molar-refractivity contribution is -0.673. The first kappa shape index (κ1) is 11.3. The number of hydrogen-bond acceptors (Lipinski definition) is 2. The van der Waals surface area contributed by atoms with Crippen molar-refractivity contribution < 1.29 is 9.67 Å². The summed E-state index contributed by atoms with van der Waals surface area (Å²) in [6.07, 6.45) is 5.14. The molecule has 0 radical (unpaired) electrons. The van der Waals surface area contributed by atoms with Gasteiger partial charge in [-0.2, -0.15) is 0 Å². The molecule has 1 aromatic heterocycles. The summed E-state index contributed by atoms with van der Waals surface area (Å²) in [6.45, 7) is 0.883. The zero-order chi connectivity index (χ0) is 12.7. The van der Waals surface area contributed by atoms with Crippen LogP contribution in [0.4, 0.5) is 0 Å². The van der Waals surface area contributed by atoms with E-state index in [-0.39, 0.29) is 6.04 Å². The fourth-order valence-electron chi connectivity index (χ4n) is 2.95. The van der Waals surface area contributed by atoms with Crippen molar-refractivity contribution in [3.05, 3.63) is 35.8 Å². The molecule has 2 aliphatic heterocycles. The van der Waals surface area contributed by atoms with Gasteiger partial charge in [-0.05, 0) is 25.3 Å². The molecule has 2 aliphatic rings. The molecule has 0 bridgehead atoms.